The molecule has 6 nitrogen and oxygen atoms in total. The highest BCUT2D eigenvalue weighted by molar-refractivity contribution is 5.76. The van der Waals surface area contributed by atoms with Crippen LogP contribution in [0.15, 0.2) is 24.3 Å². The Hall–Kier alpha value is -1.66. The van der Waals surface area contributed by atoms with Gasteiger partial charge in [0.05, 0.1) is 25.4 Å². The Morgan fingerprint density at radius 1 is 0.310 bits per heavy atom. The third-order valence-electron chi connectivity index (χ3n) is 19.0. The van der Waals surface area contributed by atoms with Crippen LogP contribution >= 0.6 is 0 Å². The van der Waals surface area contributed by atoms with Gasteiger partial charge in [-0.2, -0.15) is 0 Å². The van der Waals surface area contributed by atoms with E-state index >= 15 is 0 Å². The molecule has 0 fully saturated rings. The van der Waals surface area contributed by atoms with Gasteiger partial charge in [0.25, 0.3) is 0 Å². The zero-order valence-corrected chi connectivity index (χ0v) is 59.3. The second-order valence-corrected chi connectivity index (χ2v) is 27.8. The number of aliphatic hydroxyl groups is 2. The molecule has 87 heavy (non-hydrogen) atoms. The molecule has 3 N–H and O–H groups in total. The van der Waals surface area contributed by atoms with Crippen molar-refractivity contribution in [1.82, 2.24) is 5.32 Å². The Morgan fingerprint density at radius 2 is 0.540 bits per heavy atom. The van der Waals surface area contributed by atoms with Gasteiger partial charge in [-0.15, -0.1) is 0 Å². The Bertz CT molecular complexity index is 1360. The topological polar surface area (TPSA) is 95.9 Å². The van der Waals surface area contributed by atoms with Crippen molar-refractivity contribution in [2.45, 2.75) is 469 Å². The van der Waals surface area contributed by atoms with Crippen molar-refractivity contribution in [2.24, 2.45) is 0 Å². The molecule has 0 aliphatic heterocycles. The molecule has 0 radical (unpaired) electrons. The lowest BCUT2D eigenvalue weighted by Crippen LogP contribution is -2.45. The van der Waals surface area contributed by atoms with Gasteiger partial charge in [0.1, 0.15) is 0 Å². The third-order valence-corrected chi connectivity index (χ3v) is 19.0. The molecule has 516 valence electrons. The number of esters is 1. The van der Waals surface area contributed by atoms with Crippen LogP contribution in [0.5, 0.6) is 0 Å². The number of unbranched alkanes of at least 4 members (excludes halogenated alkanes) is 63. The summed E-state index contributed by atoms with van der Waals surface area (Å²) in [6.45, 7) is 4.95. The van der Waals surface area contributed by atoms with Crippen molar-refractivity contribution >= 4 is 11.9 Å². The molecule has 1 amide bonds. The van der Waals surface area contributed by atoms with E-state index in [0.29, 0.717) is 19.4 Å². The van der Waals surface area contributed by atoms with Crippen LogP contribution in [0.4, 0.5) is 0 Å². The summed E-state index contributed by atoms with van der Waals surface area (Å²) < 4.78 is 5.50. The summed E-state index contributed by atoms with van der Waals surface area (Å²) in [5.41, 5.74) is 0. The molecule has 6 heteroatoms. The van der Waals surface area contributed by atoms with E-state index < -0.39 is 12.1 Å². The van der Waals surface area contributed by atoms with Gasteiger partial charge in [-0.3, -0.25) is 9.59 Å². The molecule has 0 spiro atoms. The summed E-state index contributed by atoms with van der Waals surface area (Å²) in [7, 11) is 0. The van der Waals surface area contributed by atoms with E-state index in [0.717, 1.165) is 44.9 Å². The highest BCUT2D eigenvalue weighted by Crippen LogP contribution is 2.20. The van der Waals surface area contributed by atoms with E-state index in [1.807, 2.05) is 6.08 Å². The summed E-state index contributed by atoms with van der Waals surface area (Å²) >= 11 is 0. The van der Waals surface area contributed by atoms with Gasteiger partial charge in [-0.25, -0.2) is 0 Å². The van der Waals surface area contributed by atoms with Gasteiger partial charge >= 0.3 is 5.97 Å². The summed E-state index contributed by atoms with van der Waals surface area (Å²) in [4.78, 5) is 24.6. The molecular formula is C81H157NO5. The Kier molecular flexibility index (Phi) is 75.3. The van der Waals surface area contributed by atoms with Gasteiger partial charge in [0.2, 0.25) is 5.91 Å². The largest absolute Gasteiger partial charge is 0.466 e. The first-order valence-electron chi connectivity index (χ1n) is 40.1. The van der Waals surface area contributed by atoms with E-state index in [4.69, 9.17) is 4.74 Å². The zero-order valence-electron chi connectivity index (χ0n) is 59.3. The molecule has 0 rings (SSSR count). The molecule has 0 aromatic heterocycles. The lowest BCUT2D eigenvalue weighted by molar-refractivity contribution is -0.143. The number of hydrogen-bond donors (Lipinski definition) is 3. The van der Waals surface area contributed by atoms with E-state index in [2.05, 4.69) is 31.3 Å². The molecule has 0 saturated heterocycles. The number of ether oxygens (including phenoxy) is 1. The van der Waals surface area contributed by atoms with E-state index in [1.165, 1.54) is 385 Å². The zero-order chi connectivity index (χ0) is 62.8. The number of nitrogens with one attached hydrogen (secondary N) is 1. The number of hydrogen-bond acceptors (Lipinski definition) is 5. The van der Waals surface area contributed by atoms with Crippen LogP contribution in [0.2, 0.25) is 0 Å². The molecule has 0 aromatic rings. The molecule has 0 aliphatic carbocycles. The summed E-state index contributed by atoms with van der Waals surface area (Å²) in [5, 5.41) is 23.3. The fraction of sp³-hybridized carbons (Fsp3) is 0.926. The molecule has 0 aromatic carbocycles. The number of carbonyl (C=O) groups excluding carboxylic acids is 2. The minimum atomic E-state index is -0.843. The SMILES string of the molecule is CCCCCCCC/C=C\CCCCCCCC(=O)OCCCCCCCCCCCCCCCCCCCCCCCCCCCCCCCCCCC(=O)NC(CO)C(O)/C=C/CCCCCCCCCCCCCCCCCCCCCCC. The Morgan fingerprint density at radius 3 is 0.816 bits per heavy atom. The Balaban J connectivity index is 3.35. The van der Waals surface area contributed by atoms with Gasteiger partial charge in [0, 0.05) is 12.8 Å². The molecule has 0 heterocycles. The molecule has 0 saturated carbocycles. The second kappa shape index (κ2) is 76.8. The van der Waals surface area contributed by atoms with Crippen LogP contribution in [0.25, 0.3) is 0 Å². The van der Waals surface area contributed by atoms with Crippen molar-refractivity contribution in [3.8, 4) is 0 Å². The van der Waals surface area contributed by atoms with Crippen LogP contribution < -0.4 is 5.32 Å². The van der Waals surface area contributed by atoms with Gasteiger partial charge < -0.3 is 20.3 Å². The normalized spacial score (nSPS) is 12.6. The summed E-state index contributed by atoms with van der Waals surface area (Å²) in [5.74, 6) is -0.0442. The molecule has 2 atom stereocenters. The van der Waals surface area contributed by atoms with Crippen molar-refractivity contribution in [3.63, 3.8) is 0 Å². The third kappa shape index (κ3) is 73.3. The summed E-state index contributed by atoms with van der Waals surface area (Å²) in [6, 6.07) is -0.625. The lowest BCUT2D eigenvalue weighted by atomic mass is 10.0. The van der Waals surface area contributed by atoms with Crippen LogP contribution in [0, 0.1) is 0 Å². The first-order valence-corrected chi connectivity index (χ1v) is 40.1. The van der Waals surface area contributed by atoms with E-state index in [-0.39, 0.29) is 18.5 Å². The number of amides is 1. The minimum Gasteiger partial charge on any atom is -0.466 e. The first kappa shape index (κ1) is 85.3. The fourth-order valence-electron chi connectivity index (χ4n) is 12.9. The van der Waals surface area contributed by atoms with Crippen LogP contribution in [-0.2, 0) is 14.3 Å². The van der Waals surface area contributed by atoms with Gasteiger partial charge in [-0.05, 0) is 57.8 Å². The van der Waals surface area contributed by atoms with Crippen molar-refractivity contribution < 1.29 is 24.5 Å². The molecule has 2 unspecified atom stereocenters. The van der Waals surface area contributed by atoms with E-state index in [1.54, 1.807) is 6.08 Å². The van der Waals surface area contributed by atoms with E-state index in [9.17, 15) is 19.8 Å². The fourth-order valence-corrected chi connectivity index (χ4v) is 12.9. The molecule has 0 aliphatic rings. The van der Waals surface area contributed by atoms with Crippen molar-refractivity contribution in [3.05, 3.63) is 24.3 Å². The minimum absolute atomic E-state index is 0.0140. The van der Waals surface area contributed by atoms with Gasteiger partial charge in [-0.1, -0.05) is 411 Å². The lowest BCUT2D eigenvalue weighted by Gasteiger charge is -2.20. The predicted octanol–water partition coefficient (Wildman–Crippen LogP) is 26.4. The average molecular weight is 1230 g/mol. The monoisotopic (exact) mass is 1220 g/mol. The first-order chi connectivity index (χ1) is 43.0. The predicted molar refractivity (Wildman–Crippen MR) is 384 cm³/mol. The maximum atomic E-state index is 12.6. The second-order valence-electron chi connectivity index (χ2n) is 27.8. The standard InChI is InChI=1S/C81H157NO5/c1-3-5-7-9-11-13-15-17-19-20-21-22-33-36-39-42-46-49-53-57-61-65-69-73-79(84)78(77-83)82-80(85)74-70-66-62-58-54-50-47-43-40-37-34-31-29-27-25-23-24-26-28-30-32-35-38-41-44-48-52-56-60-64-68-72-76-87-81(86)75-71-67-63-59-55-51-45-18-16-14-12-10-8-6-4-2/h18,45,69,73,78-79,83-84H,3-17,19-44,46-68,70-72,74-77H2,1-2H3,(H,82,85)/b45-18-,73-69+. The summed E-state index contributed by atoms with van der Waals surface area (Å²) in [6.07, 6.45) is 98.8. The van der Waals surface area contributed by atoms with Crippen molar-refractivity contribution in [1.29, 1.82) is 0 Å². The maximum Gasteiger partial charge on any atom is 0.305 e. The highest BCUT2D eigenvalue weighted by atomic mass is 16.5. The van der Waals surface area contributed by atoms with Crippen LogP contribution in [0.1, 0.15) is 457 Å². The highest BCUT2D eigenvalue weighted by Gasteiger charge is 2.18. The Labute approximate surface area is 545 Å². The van der Waals surface area contributed by atoms with Gasteiger partial charge in [0.15, 0.2) is 0 Å². The van der Waals surface area contributed by atoms with Crippen LogP contribution in [-0.4, -0.2) is 47.4 Å². The average Bonchev–Trinajstić information content (AvgIpc) is 3.53. The van der Waals surface area contributed by atoms with Crippen LogP contribution in [0.3, 0.4) is 0 Å². The smallest absolute Gasteiger partial charge is 0.305 e. The molecular weight excluding hydrogens is 1070 g/mol. The maximum absolute atomic E-state index is 12.6. The van der Waals surface area contributed by atoms with Crippen molar-refractivity contribution in [2.75, 3.05) is 13.2 Å². The number of carbonyl (C=O) groups is 2. The molecule has 0 bridgehead atoms. The number of allylic oxidation sites excluding steroid dienone is 3. The number of rotatable bonds is 76. The quantitative estimate of drug-likeness (QED) is 0.0320. The number of aliphatic hydroxyl groups excluding tert-OH is 2.